The predicted molar refractivity (Wildman–Crippen MR) is 86.7 cm³/mol. The van der Waals surface area contributed by atoms with Crippen molar-refractivity contribution in [1.29, 1.82) is 0 Å². The number of amides is 1. The van der Waals surface area contributed by atoms with E-state index in [4.69, 9.17) is 9.47 Å². The lowest BCUT2D eigenvalue weighted by molar-refractivity contribution is -0.0229. The Bertz CT molecular complexity index is 835. The number of rotatable bonds is 2. The van der Waals surface area contributed by atoms with E-state index in [2.05, 4.69) is 4.98 Å². The van der Waals surface area contributed by atoms with Crippen LogP contribution in [0.25, 0.3) is 10.9 Å². The number of carbonyl (C=O) groups is 1. The molecular weight excluding hydrogens is 315 g/mol. The number of carbonyl (C=O) groups excluding carboxylic acids is 1. The van der Waals surface area contributed by atoms with Gasteiger partial charge in [-0.2, -0.15) is 0 Å². The summed E-state index contributed by atoms with van der Waals surface area (Å²) in [6.07, 6.45) is -0.717. The second-order valence-corrected chi connectivity index (χ2v) is 6.82. The summed E-state index contributed by atoms with van der Waals surface area (Å²) < 4.78 is 24.9. The third-order valence-electron chi connectivity index (χ3n) is 3.57. The molecule has 1 fully saturated rings. The van der Waals surface area contributed by atoms with E-state index in [1.165, 1.54) is 23.1 Å². The Morgan fingerprint density at radius 1 is 1.29 bits per heavy atom. The van der Waals surface area contributed by atoms with Crippen molar-refractivity contribution in [2.45, 2.75) is 32.5 Å². The van der Waals surface area contributed by atoms with E-state index in [-0.39, 0.29) is 17.4 Å². The molecule has 1 aromatic carbocycles. The Morgan fingerprint density at radius 3 is 2.67 bits per heavy atom. The van der Waals surface area contributed by atoms with Crippen LogP contribution < -0.4 is 10.3 Å². The molecule has 2 heterocycles. The van der Waals surface area contributed by atoms with Crippen molar-refractivity contribution in [3.8, 4) is 5.75 Å². The third kappa shape index (κ3) is 3.50. The fourth-order valence-corrected chi connectivity index (χ4v) is 2.41. The Balaban J connectivity index is 1.66. The highest BCUT2D eigenvalue weighted by atomic mass is 19.1. The van der Waals surface area contributed by atoms with Gasteiger partial charge in [0.05, 0.1) is 18.6 Å². The lowest BCUT2D eigenvalue weighted by Gasteiger charge is -2.39. The normalized spacial score (nSPS) is 15.2. The molecule has 1 saturated heterocycles. The first kappa shape index (κ1) is 16.3. The third-order valence-corrected chi connectivity index (χ3v) is 3.57. The van der Waals surface area contributed by atoms with Crippen molar-refractivity contribution in [3.05, 3.63) is 40.4 Å². The first-order chi connectivity index (χ1) is 11.2. The van der Waals surface area contributed by atoms with Crippen LogP contribution >= 0.6 is 0 Å². The molecule has 0 spiro atoms. The van der Waals surface area contributed by atoms with Crippen LogP contribution in [0.15, 0.2) is 29.1 Å². The van der Waals surface area contributed by atoms with Crippen molar-refractivity contribution in [2.75, 3.05) is 13.1 Å². The van der Waals surface area contributed by atoms with Gasteiger partial charge in [0.1, 0.15) is 11.7 Å². The van der Waals surface area contributed by atoms with Gasteiger partial charge in [0, 0.05) is 17.5 Å². The van der Waals surface area contributed by atoms with E-state index in [0.717, 1.165) is 0 Å². The highest BCUT2D eigenvalue weighted by Crippen LogP contribution is 2.26. The van der Waals surface area contributed by atoms with Gasteiger partial charge in [-0.1, -0.05) is 0 Å². The largest absolute Gasteiger partial charge is 0.484 e. The number of likely N-dealkylation sites (tertiary alicyclic amines) is 1. The van der Waals surface area contributed by atoms with E-state index in [1.54, 1.807) is 26.8 Å². The average Bonchev–Trinajstić information content (AvgIpc) is 2.41. The standard InChI is InChI=1S/C17H19FN2O4/c1-17(2,3)24-16(22)20-8-11(9-20)23-14-7-13-10(6-12(14)18)4-5-15(21)19-13/h4-7,11H,8-9H2,1-3H3,(H,19,21). The molecule has 0 radical (unpaired) electrons. The highest BCUT2D eigenvalue weighted by Gasteiger charge is 2.35. The van der Waals surface area contributed by atoms with Crippen LogP contribution in [0.3, 0.4) is 0 Å². The van der Waals surface area contributed by atoms with Gasteiger partial charge in [0.15, 0.2) is 11.6 Å². The second-order valence-electron chi connectivity index (χ2n) is 6.82. The first-order valence-electron chi connectivity index (χ1n) is 7.68. The monoisotopic (exact) mass is 334 g/mol. The van der Waals surface area contributed by atoms with Gasteiger partial charge in [-0.3, -0.25) is 4.79 Å². The zero-order valence-corrected chi connectivity index (χ0v) is 13.8. The minimum Gasteiger partial charge on any atom is -0.484 e. The van der Waals surface area contributed by atoms with Crippen LogP contribution in [0.1, 0.15) is 20.8 Å². The van der Waals surface area contributed by atoms with Crippen LogP contribution in [-0.4, -0.2) is 40.8 Å². The number of nitrogens with zero attached hydrogens (tertiary/aromatic N) is 1. The summed E-state index contributed by atoms with van der Waals surface area (Å²) in [6.45, 7) is 6.05. The minimum atomic E-state index is -0.556. The summed E-state index contributed by atoms with van der Waals surface area (Å²) in [5.74, 6) is -0.455. The summed E-state index contributed by atoms with van der Waals surface area (Å²) >= 11 is 0. The predicted octanol–water partition coefficient (Wildman–Crippen LogP) is 2.67. The zero-order chi connectivity index (χ0) is 17.5. The molecule has 0 saturated carbocycles. The van der Waals surface area contributed by atoms with Crippen LogP contribution in [-0.2, 0) is 4.74 Å². The number of hydrogen-bond acceptors (Lipinski definition) is 4. The van der Waals surface area contributed by atoms with Crippen LogP contribution in [0.2, 0.25) is 0 Å². The maximum Gasteiger partial charge on any atom is 0.410 e. The minimum absolute atomic E-state index is 0.0539. The molecule has 0 aliphatic carbocycles. The Labute approximate surface area is 138 Å². The summed E-state index contributed by atoms with van der Waals surface area (Å²) in [4.78, 5) is 27.3. The van der Waals surface area contributed by atoms with Gasteiger partial charge >= 0.3 is 6.09 Å². The molecule has 6 nitrogen and oxygen atoms in total. The van der Waals surface area contributed by atoms with E-state index >= 15 is 0 Å². The van der Waals surface area contributed by atoms with Crippen molar-refractivity contribution in [1.82, 2.24) is 9.88 Å². The fraction of sp³-hybridized carbons (Fsp3) is 0.412. The van der Waals surface area contributed by atoms with E-state index < -0.39 is 17.5 Å². The van der Waals surface area contributed by atoms with Crippen LogP contribution in [0, 0.1) is 5.82 Å². The number of nitrogens with one attached hydrogen (secondary N) is 1. The molecule has 0 unspecified atom stereocenters. The van der Waals surface area contributed by atoms with Gasteiger partial charge in [0.2, 0.25) is 5.56 Å². The summed E-state index contributed by atoms with van der Waals surface area (Å²) in [7, 11) is 0. The number of aromatic nitrogens is 1. The second kappa shape index (κ2) is 5.81. The SMILES string of the molecule is CC(C)(C)OC(=O)N1CC(Oc2cc3[nH]c(=O)ccc3cc2F)C1. The molecule has 7 heteroatoms. The van der Waals surface area contributed by atoms with Crippen molar-refractivity contribution < 1.29 is 18.7 Å². The van der Waals surface area contributed by atoms with Gasteiger partial charge in [-0.15, -0.1) is 0 Å². The van der Waals surface area contributed by atoms with Crippen LogP contribution in [0.5, 0.6) is 5.75 Å². The molecule has 2 aromatic rings. The number of H-pyrrole nitrogens is 1. The molecule has 24 heavy (non-hydrogen) atoms. The number of halogens is 1. The van der Waals surface area contributed by atoms with Crippen LogP contribution in [0.4, 0.5) is 9.18 Å². The van der Waals surface area contributed by atoms with Gasteiger partial charge in [0.25, 0.3) is 0 Å². The molecule has 0 bridgehead atoms. The lowest BCUT2D eigenvalue weighted by atomic mass is 10.1. The van der Waals surface area contributed by atoms with E-state index in [0.29, 0.717) is 24.0 Å². The molecular formula is C17H19FN2O4. The molecule has 0 atom stereocenters. The van der Waals surface area contributed by atoms with Crippen molar-refractivity contribution in [2.24, 2.45) is 0 Å². The lowest BCUT2D eigenvalue weighted by Crippen LogP contribution is -2.57. The number of aromatic amines is 1. The quantitative estimate of drug-likeness (QED) is 0.916. The topological polar surface area (TPSA) is 71.6 Å². The Morgan fingerprint density at radius 2 is 2.00 bits per heavy atom. The Hall–Kier alpha value is -2.57. The highest BCUT2D eigenvalue weighted by molar-refractivity contribution is 5.80. The van der Waals surface area contributed by atoms with Gasteiger partial charge in [-0.25, -0.2) is 9.18 Å². The molecule has 128 valence electrons. The maximum atomic E-state index is 14.1. The Kier molecular flexibility index (Phi) is 3.95. The molecule has 1 aliphatic heterocycles. The number of hydrogen-bond donors (Lipinski definition) is 1. The molecule has 1 aliphatic rings. The first-order valence-corrected chi connectivity index (χ1v) is 7.68. The molecule has 3 rings (SSSR count). The fourth-order valence-electron chi connectivity index (χ4n) is 2.41. The summed E-state index contributed by atoms with van der Waals surface area (Å²) in [5, 5.41) is 0.587. The summed E-state index contributed by atoms with van der Waals surface area (Å²) in [6, 6.07) is 5.66. The summed E-state index contributed by atoms with van der Waals surface area (Å²) in [5.41, 5.74) is -0.318. The smallest absolute Gasteiger partial charge is 0.410 e. The van der Waals surface area contributed by atoms with Gasteiger partial charge in [-0.05, 0) is 32.9 Å². The molecule has 1 N–H and O–H groups in total. The average molecular weight is 334 g/mol. The number of pyridine rings is 1. The van der Waals surface area contributed by atoms with Gasteiger partial charge < -0.3 is 19.4 Å². The molecule has 1 aromatic heterocycles. The van der Waals surface area contributed by atoms with E-state index in [1.807, 2.05) is 0 Å². The maximum absolute atomic E-state index is 14.1. The zero-order valence-electron chi connectivity index (χ0n) is 13.8. The van der Waals surface area contributed by atoms with E-state index in [9.17, 15) is 14.0 Å². The number of fused-ring (bicyclic) bond motifs is 1. The molecule has 1 amide bonds. The number of benzene rings is 1. The van der Waals surface area contributed by atoms with Crippen molar-refractivity contribution >= 4 is 17.0 Å². The van der Waals surface area contributed by atoms with Crippen molar-refractivity contribution in [3.63, 3.8) is 0 Å². The number of ether oxygens (including phenoxy) is 2.